The van der Waals surface area contributed by atoms with Crippen molar-refractivity contribution in [2.45, 2.75) is 45.1 Å². The first-order valence-corrected chi connectivity index (χ1v) is 8.83. The van der Waals surface area contributed by atoms with Crippen LogP contribution in [0.15, 0.2) is 16.5 Å². The number of carbonyl (C=O) groups excluding carboxylic acids is 1. The Kier molecular flexibility index (Phi) is 5.42. The fourth-order valence-corrected chi connectivity index (χ4v) is 3.86. The van der Waals surface area contributed by atoms with Gasteiger partial charge < -0.3 is 9.73 Å². The van der Waals surface area contributed by atoms with Crippen molar-refractivity contribution in [3.05, 3.63) is 23.1 Å². The van der Waals surface area contributed by atoms with Crippen molar-refractivity contribution in [1.29, 1.82) is 0 Å². The molecule has 4 nitrogen and oxygen atoms in total. The number of nitrogens with one attached hydrogen (secondary N) is 1. The van der Waals surface area contributed by atoms with E-state index >= 15 is 0 Å². The molecule has 5 heteroatoms. The number of rotatable bonds is 5. The van der Waals surface area contributed by atoms with Gasteiger partial charge in [-0.1, -0.05) is 12.8 Å². The summed E-state index contributed by atoms with van der Waals surface area (Å²) in [7, 11) is 0. The molecule has 22 heavy (non-hydrogen) atoms. The van der Waals surface area contributed by atoms with Gasteiger partial charge in [-0.15, -0.1) is 0 Å². The fourth-order valence-electron chi connectivity index (χ4n) is 3.70. The highest BCUT2D eigenvalue weighted by Gasteiger charge is 2.25. The topological polar surface area (TPSA) is 45.5 Å². The summed E-state index contributed by atoms with van der Waals surface area (Å²) in [5, 5.41) is 3.62. The lowest BCUT2D eigenvalue weighted by Crippen LogP contribution is -2.41. The van der Waals surface area contributed by atoms with Crippen molar-refractivity contribution in [3.8, 4) is 0 Å². The highest BCUT2D eigenvalue weighted by Crippen LogP contribution is 2.25. The van der Waals surface area contributed by atoms with Gasteiger partial charge in [-0.2, -0.15) is 0 Å². The quantitative estimate of drug-likeness (QED) is 0.902. The van der Waals surface area contributed by atoms with E-state index in [-0.39, 0.29) is 11.8 Å². The molecule has 1 unspecified atom stereocenters. The average molecular weight is 325 g/mol. The summed E-state index contributed by atoms with van der Waals surface area (Å²) in [5.41, 5.74) is 0. The molecule has 1 N–H and O–H groups in total. The Hall–Kier alpha value is -1.00. The number of likely N-dealkylation sites (tertiary alicyclic amines) is 1. The van der Waals surface area contributed by atoms with Crippen LogP contribution >= 0.6 is 11.6 Å². The third-order valence-electron chi connectivity index (χ3n) is 4.90. The predicted molar refractivity (Wildman–Crippen MR) is 86.7 cm³/mol. The lowest BCUT2D eigenvalue weighted by molar-refractivity contribution is -0.125. The van der Waals surface area contributed by atoms with Gasteiger partial charge in [-0.05, 0) is 61.9 Å². The maximum atomic E-state index is 12.1. The van der Waals surface area contributed by atoms with Crippen LogP contribution in [0.5, 0.6) is 0 Å². The minimum absolute atomic E-state index is 0.268. The molecule has 3 rings (SSSR count). The number of halogens is 1. The first-order chi connectivity index (χ1) is 10.7. The van der Waals surface area contributed by atoms with Gasteiger partial charge in [0.25, 0.3) is 0 Å². The average Bonchev–Trinajstić information content (AvgIpc) is 3.17. The zero-order valence-corrected chi connectivity index (χ0v) is 13.8. The van der Waals surface area contributed by atoms with E-state index in [1.807, 2.05) is 6.07 Å². The molecule has 1 saturated carbocycles. The molecular formula is C17H25ClN2O2. The summed E-state index contributed by atoms with van der Waals surface area (Å²) in [4.78, 5) is 14.5. The minimum Gasteiger partial charge on any atom is -0.448 e. The first-order valence-electron chi connectivity index (χ1n) is 8.45. The van der Waals surface area contributed by atoms with Gasteiger partial charge in [0.05, 0.1) is 6.54 Å². The molecule has 1 atom stereocenters. The zero-order valence-electron chi connectivity index (χ0n) is 13.0. The zero-order chi connectivity index (χ0) is 15.4. The van der Waals surface area contributed by atoms with Gasteiger partial charge in [0.2, 0.25) is 5.91 Å². The molecule has 2 fully saturated rings. The van der Waals surface area contributed by atoms with Gasteiger partial charge in [-0.3, -0.25) is 9.69 Å². The normalized spacial score (nSPS) is 23.8. The predicted octanol–water partition coefficient (Wildman–Crippen LogP) is 3.45. The Balaban J connectivity index is 1.43. The molecular weight excluding hydrogens is 300 g/mol. The number of amides is 1. The van der Waals surface area contributed by atoms with Crippen LogP contribution in [-0.4, -0.2) is 30.4 Å². The van der Waals surface area contributed by atoms with Crippen molar-refractivity contribution in [3.63, 3.8) is 0 Å². The van der Waals surface area contributed by atoms with Gasteiger partial charge in [0.15, 0.2) is 5.22 Å². The molecule has 0 spiro atoms. The summed E-state index contributed by atoms with van der Waals surface area (Å²) in [6.45, 7) is 3.72. The Morgan fingerprint density at radius 2 is 2.09 bits per heavy atom. The van der Waals surface area contributed by atoms with Crippen molar-refractivity contribution in [2.75, 3.05) is 19.6 Å². The number of carbonyl (C=O) groups is 1. The maximum absolute atomic E-state index is 12.1. The lowest BCUT2D eigenvalue weighted by atomic mass is 9.97. The molecule has 1 aromatic rings. The van der Waals surface area contributed by atoms with Crippen LogP contribution in [0.1, 0.15) is 44.3 Å². The fraction of sp³-hybridized carbons (Fsp3) is 0.706. The van der Waals surface area contributed by atoms with E-state index in [1.54, 1.807) is 6.07 Å². The summed E-state index contributed by atoms with van der Waals surface area (Å²) < 4.78 is 5.44. The molecule has 0 bridgehead atoms. The molecule has 1 amide bonds. The molecule has 2 aliphatic rings. The molecule has 1 aliphatic heterocycles. The van der Waals surface area contributed by atoms with Crippen LogP contribution in [0.25, 0.3) is 0 Å². The highest BCUT2D eigenvalue weighted by molar-refractivity contribution is 6.28. The second kappa shape index (κ2) is 7.51. The van der Waals surface area contributed by atoms with Gasteiger partial charge in [0, 0.05) is 19.0 Å². The number of hydrogen-bond acceptors (Lipinski definition) is 3. The van der Waals surface area contributed by atoms with Crippen molar-refractivity contribution in [2.24, 2.45) is 11.8 Å². The Labute approximate surface area is 137 Å². The second-order valence-electron chi connectivity index (χ2n) is 6.68. The van der Waals surface area contributed by atoms with Crippen LogP contribution in [-0.2, 0) is 11.3 Å². The van der Waals surface area contributed by atoms with Gasteiger partial charge in [0.1, 0.15) is 5.76 Å². The Morgan fingerprint density at radius 1 is 1.27 bits per heavy atom. The summed E-state index contributed by atoms with van der Waals surface area (Å²) in [6.07, 6.45) is 6.94. The lowest BCUT2D eigenvalue weighted by Gasteiger charge is -2.32. The monoisotopic (exact) mass is 324 g/mol. The summed E-state index contributed by atoms with van der Waals surface area (Å²) in [6, 6.07) is 3.73. The van der Waals surface area contributed by atoms with E-state index in [9.17, 15) is 4.79 Å². The van der Waals surface area contributed by atoms with E-state index in [0.29, 0.717) is 11.1 Å². The van der Waals surface area contributed by atoms with Gasteiger partial charge in [-0.25, -0.2) is 0 Å². The molecule has 0 radical (unpaired) electrons. The minimum atomic E-state index is 0.268. The van der Waals surface area contributed by atoms with Crippen molar-refractivity contribution >= 4 is 17.5 Å². The summed E-state index contributed by atoms with van der Waals surface area (Å²) in [5.74, 6) is 2.00. The third kappa shape index (κ3) is 4.26. The van der Waals surface area contributed by atoms with Crippen LogP contribution in [0, 0.1) is 11.8 Å². The van der Waals surface area contributed by atoms with Crippen LogP contribution in [0.3, 0.4) is 0 Å². The number of nitrogens with zero attached hydrogens (tertiary/aromatic N) is 1. The largest absolute Gasteiger partial charge is 0.448 e. The van der Waals surface area contributed by atoms with Crippen molar-refractivity contribution in [1.82, 2.24) is 10.2 Å². The van der Waals surface area contributed by atoms with E-state index in [2.05, 4.69) is 10.2 Å². The first kappa shape index (κ1) is 15.9. The van der Waals surface area contributed by atoms with E-state index < -0.39 is 0 Å². The number of hydrogen-bond donors (Lipinski definition) is 1. The van der Waals surface area contributed by atoms with Gasteiger partial charge >= 0.3 is 0 Å². The van der Waals surface area contributed by atoms with E-state index in [4.69, 9.17) is 16.0 Å². The third-order valence-corrected chi connectivity index (χ3v) is 5.11. The highest BCUT2D eigenvalue weighted by atomic mass is 35.5. The van der Waals surface area contributed by atoms with Crippen molar-refractivity contribution < 1.29 is 9.21 Å². The standard InChI is InChI=1S/C17H25ClN2O2/c18-16-8-7-15(22-16)12-20-9-3-4-13(11-20)10-19-17(21)14-5-1-2-6-14/h7-8,13-14H,1-6,9-12H2,(H,19,21). The molecule has 2 heterocycles. The number of furan rings is 1. The Morgan fingerprint density at radius 3 is 2.82 bits per heavy atom. The molecule has 1 aromatic heterocycles. The van der Waals surface area contributed by atoms with Crippen LogP contribution in [0.4, 0.5) is 0 Å². The second-order valence-corrected chi connectivity index (χ2v) is 7.05. The molecule has 0 aromatic carbocycles. The Bertz CT molecular complexity index is 497. The van der Waals surface area contributed by atoms with E-state index in [0.717, 1.165) is 44.8 Å². The number of piperidine rings is 1. The smallest absolute Gasteiger partial charge is 0.223 e. The maximum Gasteiger partial charge on any atom is 0.223 e. The van der Waals surface area contributed by atoms with Crippen LogP contribution in [0.2, 0.25) is 5.22 Å². The van der Waals surface area contributed by atoms with Crippen LogP contribution < -0.4 is 5.32 Å². The molecule has 1 aliphatic carbocycles. The molecule has 1 saturated heterocycles. The molecule has 122 valence electrons. The SMILES string of the molecule is O=C(NCC1CCCN(Cc2ccc(Cl)o2)C1)C1CCCC1. The van der Waals surface area contributed by atoms with E-state index in [1.165, 1.54) is 25.7 Å². The summed E-state index contributed by atoms with van der Waals surface area (Å²) >= 11 is 5.82.